The normalized spacial score (nSPS) is 30.2. The standard InChI is InChI=1S/C26H36N2O5/c1-2-32-23-12-21(3-4-22(23)33-16-24(29)28-5-7-31-8-6-28)25(30)27-17-26-13-18-9-19(14-26)11-20(10-18)15-26/h3-4,12,18-20H,2,5-11,13-17H2,1H3,(H,27,30). The third kappa shape index (κ3) is 4.98. The zero-order valence-electron chi connectivity index (χ0n) is 19.6. The molecule has 1 aromatic carbocycles. The van der Waals surface area contributed by atoms with Crippen LogP contribution in [0.3, 0.4) is 0 Å². The summed E-state index contributed by atoms with van der Waals surface area (Å²) in [6, 6.07) is 5.22. The number of nitrogens with zero attached hydrogens (tertiary/aromatic N) is 1. The van der Waals surface area contributed by atoms with Crippen molar-refractivity contribution < 1.29 is 23.8 Å². The van der Waals surface area contributed by atoms with Crippen LogP contribution >= 0.6 is 0 Å². The van der Waals surface area contributed by atoms with Gasteiger partial charge in [-0.15, -0.1) is 0 Å². The molecule has 1 heterocycles. The topological polar surface area (TPSA) is 77.1 Å². The van der Waals surface area contributed by atoms with Crippen LogP contribution in [0.15, 0.2) is 18.2 Å². The van der Waals surface area contributed by atoms with E-state index in [1.165, 1.54) is 38.5 Å². The van der Waals surface area contributed by atoms with Gasteiger partial charge in [-0.05, 0) is 86.8 Å². The number of hydrogen-bond acceptors (Lipinski definition) is 5. The second-order valence-electron chi connectivity index (χ2n) is 10.5. The molecule has 2 amide bonds. The smallest absolute Gasteiger partial charge is 0.260 e. The van der Waals surface area contributed by atoms with Gasteiger partial charge in [-0.3, -0.25) is 9.59 Å². The Bertz CT molecular complexity index is 844. The first-order valence-corrected chi connectivity index (χ1v) is 12.6. The average molecular weight is 457 g/mol. The summed E-state index contributed by atoms with van der Waals surface area (Å²) in [6.45, 7) is 5.34. The van der Waals surface area contributed by atoms with E-state index < -0.39 is 0 Å². The fourth-order valence-electron chi connectivity index (χ4n) is 6.96. The minimum absolute atomic E-state index is 0.0579. The number of carbonyl (C=O) groups is 2. The van der Waals surface area contributed by atoms with Gasteiger partial charge in [0.15, 0.2) is 18.1 Å². The third-order valence-corrected chi connectivity index (χ3v) is 8.01. The van der Waals surface area contributed by atoms with Gasteiger partial charge in [0, 0.05) is 25.2 Å². The SMILES string of the molecule is CCOc1cc(C(=O)NCC23CC4CC(CC(C4)C2)C3)ccc1OCC(=O)N1CCOCC1. The van der Waals surface area contributed by atoms with E-state index in [-0.39, 0.29) is 18.4 Å². The Kier molecular flexibility index (Phi) is 6.50. The minimum Gasteiger partial charge on any atom is -0.490 e. The van der Waals surface area contributed by atoms with E-state index in [0.717, 1.165) is 24.3 Å². The predicted octanol–water partition coefficient (Wildman–Crippen LogP) is 3.27. The molecule has 4 bridgehead atoms. The van der Waals surface area contributed by atoms with Gasteiger partial charge in [0.1, 0.15) is 0 Å². The molecular weight excluding hydrogens is 420 g/mol. The number of amides is 2. The lowest BCUT2D eigenvalue weighted by atomic mass is 9.49. The number of nitrogens with one attached hydrogen (secondary N) is 1. The predicted molar refractivity (Wildman–Crippen MR) is 123 cm³/mol. The summed E-state index contributed by atoms with van der Waals surface area (Å²) in [7, 11) is 0. The van der Waals surface area contributed by atoms with E-state index in [1.54, 1.807) is 23.1 Å². The first-order chi connectivity index (χ1) is 16.0. The van der Waals surface area contributed by atoms with Crippen LogP contribution in [0, 0.1) is 23.2 Å². The summed E-state index contributed by atoms with van der Waals surface area (Å²) < 4.78 is 16.8. The van der Waals surface area contributed by atoms with Crippen LogP contribution in [0.1, 0.15) is 55.8 Å². The lowest BCUT2D eigenvalue weighted by Crippen LogP contribution is -2.51. The van der Waals surface area contributed by atoms with Gasteiger partial charge in [-0.25, -0.2) is 0 Å². The van der Waals surface area contributed by atoms with E-state index in [2.05, 4.69) is 5.32 Å². The van der Waals surface area contributed by atoms with E-state index in [4.69, 9.17) is 14.2 Å². The van der Waals surface area contributed by atoms with Crippen molar-refractivity contribution in [2.24, 2.45) is 23.2 Å². The molecule has 0 atom stereocenters. The fourth-order valence-corrected chi connectivity index (χ4v) is 6.96. The highest BCUT2D eigenvalue weighted by atomic mass is 16.5. The van der Waals surface area contributed by atoms with Crippen molar-refractivity contribution in [1.29, 1.82) is 0 Å². The van der Waals surface area contributed by atoms with E-state index in [9.17, 15) is 9.59 Å². The summed E-state index contributed by atoms with van der Waals surface area (Å²) in [6.07, 6.45) is 8.02. The number of benzene rings is 1. The molecule has 1 aromatic rings. The molecule has 7 nitrogen and oxygen atoms in total. The zero-order valence-corrected chi connectivity index (χ0v) is 19.6. The molecule has 1 saturated heterocycles. The van der Waals surface area contributed by atoms with Crippen LogP contribution < -0.4 is 14.8 Å². The van der Waals surface area contributed by atoms with Crippen molar-refractivity contribution >= 4 is 11.8 Å². The van der Waals surface area contributed by atoms with E-state index >= 15 is 0 Å². The Morgan fingerprint density at radius 3 is 2.33 bits per heavy atom. The summed E-state index contributed by atoms with van der Waals surface area (Å²) in [5, 5.41) is 3.23. The van der Waals surface area contributed by atoms with Gasteiger partial charge in [0.25, 0.3) is 11.8 Å². The lowest BCUT2D eigenvalue weighted by molar-refractivity contribution is -0.137. The van der Waals surface area contributed by atoms with E-state index in [0.29, 0.717) is 55.4 Å². The zero-order chi connectivity index (χ0) is 22.8. The molecular formula is C26H36N2O5. The molecule has 33 heavy (non-hydrogen) atoms. The molecule has 5 aliphatic rings. The van der Waals surface area contributed by atoms with Crippen molar-refractivity contribution in [1.82, 2.24) is 10.2 Å². The molecule has 0 spiro atoms. The quantitative estimate of drug-likeness (QED) is 0.650. The Balaban J connectivity index is 1.20. The summed E-state index contributed by atoms with van der Waals surface area (Å²) in [5.74, 6) is 3.45. The van der Waals surface area contributed by atoms with Gasteiger partial charge < -0.3 is 24.4 Å². The van der Waals surface area contributed by atoms with Crippen molar-refractivity contribution in [3.05, 3.63) is 23.8 Å². The molecule has 7 heteroatoms. The second-order valence-corrected chi connectivity index (χ2v) is 10.5. The minimum atomic E-state index is -0.0712. The first-order valence-electron chi connectivity index (χ1n) is 12.6. The van der Waals surface area contributed by atoms with Crippen molar-refractivity contribution in [3.8, 4) is 11.5 Å². The first kappa shape index (κ1) is 22.5. The second kappa shape index (κ2) is 9.53. The molecule has 5 fully saturated rings. The fraction of sp³-hybridized carbons (Fsp3) is 0.692. The summed E-state index contributed by atoms with van der Waals surface area (Å²) in [4.78, 5) is 27.1. The van der Waals surface area contributed by atoms with Crippen LogP contribution in [0.4, 0.5) is 0 Å². The largest absolute Gasteiger partial charge is 0.490 e. The van der Waals surface area contributed by atoms with Gasteiger partial charge in [0.05, 0.1) is 19.8 Å². The number of ether oxygens (including phenoxy) is 3. The van der Waals surface area contributed by atoms with E-state index in [1.807, 2.05) is 6.92 Å². The highest BCUT2D eigenvalue weighted by Gasteiger charge is 2.50. The molecule has 0 radical (unpaired) electrons. The van der Waals surface area contributed by atoms with Gasteiger partial charge in [-0.2, -0.15) is 0 Å². The maximum atomic E-state index is 13.0. The van der Waals surface area contributed by atoms with Crippen molar-refractivity contribution in [3.63, 3.8) is 0 Å². The number of hydrogen-bond donors (Lipinski definition) is 1. The Morgan fingerprint density at radius 2 is 1.70 bits per heavy atom. The highest BCUT2D eigenvalue weighted by Crippen LogP contribution is 2.59. The molecule has 1 aliphatic heterocycles. The van der Waals surface area contributed by atoms with Gasteiger partial charge >= 0.3 is 0 Å². The molecule has 4 saturated carbocycles. The van der Waals surface area contributed by atoms with Gasteiger partial charge in [0.2, 0.25) is 0 Å². The third-order valence-electron chi connectivity index (χ3n) is 8.01. The van der Waals surface area contributed by atoms with Crippen LogP contribution in [-0.2, 0) is 9.53 Å². The molecule has 1 N–H and O–H groups in total. The summed E-state index contributed by atoms with van der Waals surface area (Å²) >= 11 is 0. The van der Waals surface area contributed by atoms with Crippen LogP contribution in [-0.4, -0.2) is 62.8 Å². The number of carbonyl (C=O) groups excluding carboxylic acids is 2. The molecule has 0 unspecified atom stereocenters. The van der Waals surface area contributed by atoms with Crippen LogP contribution in [0.5, 0.6) is 11.5 Å². The van der Waals surface area contributed by atoms with Crippen molar-refractivity contribution in [2.75, 3.05) is 46.1 Å². The van der Waals surface area contributed by atoms with Crippen LogP contribution in [0.25, 0.3) is 0 Å². The Labute approximate surface area is 196 Å². The number of rotatable bonds is 8. The molecule has 4 aliphatic carbocycles. The average Bonchev–Trinajstić information content (AvgIpc) is 2.81. The number of morpholine rings is 1. The Hall–Kier alpha value is -2.28. The maximum Gasteiger partial charge on any atom is 0.260 e. The monoisotopic (exact) mass is 456 g/mol. The molecule has 0 aromatic heterocycles. The summed E-state index contributed by atoms with van der Waals surface area (Å²) in [5.41, 5.74) is 0.866. The van der Waals surface area contributed by atoms with Crippen molar-refractivity contribution in [2.45, 2.75) is 45.4 Å². The maximum absolute atomic E-state index is 13.0. The van der Waals surface area contributed by atoms with Crippen LogP contribution in [0.2, 0.25) is 0 Å². The Morgan fingerprint density at radius 1 is 1.03 bits per heavy atom. The molecule has 6 rings (SSSR count). The van der Waals surface area contributed by atoms with Gasteiger partial charge in [-0.1, -0.05) is 0 Å². The lowest BCUT2D eigenvalue weighted by Gasteiger charge is -2.56. The highest BCUT2D eigenvalue weighted by molar-refractivity contribution is 5.95. The molecule has 180 valence electrons.